The molecule has 5 amide bonds. The van der Waals surface area contributed by atoms with Gasteiger partial charge in [-0.3, -0.25) is 33.7 Å². The zero-order valence-corrected chi connectivity index (χ0v) is 25.2. The molecule has 2 saturated carbocycles. The summed E-state index contributed by atoms with van der Waals surface area (Å²) >= 11 is 2.85. The summed E-state index contributed by atoms with van der Waals surface area (Å²) in [4.78, 5) is 72.2. The van der Waals surface area contributed by atoms with Gasteiger partial charge in [-0.1, -0.05) is 0 Å². The molecule has 0 bridgehead atoms. The Labute approximate surface area is 249 Å². The van der Waals surface area contributed by atoms with Gasteiger partial charge in [0.15, 0.2) is 0 Å². The molecule has 0 radical (unpaired) electrons. The van der Waals surface area contributed by atoms with Crippen LogP contribution in [0.2, 0.25) is 0 Å². The number of thioether (sulfide) groups is 2. The highest BCUT2D eigenvalue weighted by atomic mass is 32.2. The highest BCUT2D eigenvalue weighted by molar-refractivity contribution is 8.00. The summed E-state index contributed by atoms with van der Waals surface area (Å²) in [6.07, 6.45) is 5.99. The molecule has 0 aromatic carbocycles. The van der Waals surface area contributed by atoms with Gasteiger partial charge in [-0.05, 0) is 38.5 Å². The Hall–Kier alpha value is -2.52. The van der Waals surface area contributed by atoms with Crippen LogP contribution in [-0.2, 0) is 28.8 Å². The first-order chi connectivity index (χ1) is 19.7. The third kappa shape index (κ3) is 20.1. The van der Waals surface area contributed by atoms with Crippen molar-refractivity contribution in [2.45, 2.75) is 63.5 Å². The fraction of sp³-hybridized carbons (Fsp3) is 0.769. The maximum absolute atomic E-state index is 12.1. The van der Waals surface area contributed by atoms with Crippen molar-refractivity contribution in [1.82, 2.24) is 31.5 Å². The molecule has 2 fully saturated rings. The third-order valence-corrected chi connectivity index (χ3v) is 7.97. The number of carboxylic acids is 1. The molecule has 0 aromatic rings. The molecule has 6 N–H and O–H groups in total. The topological polar surface area (TPSA) is 186 Å². The maximum Gasteiger partial charge on any atom is 0.322 e. The average Bonchev–Trinajstić information content (AvgIpc) is 3.86. The highest BCUT2D eigenvalue weighted by Gasteiger charge is 2.23. The van der Waals surface area contributed by atoms with E-state index in [1.165, 1.54) is 23.5 Å². The summed E-state index contributed by atoms with van der Waals surface area (Å²) < 4.78 is 0. The molecule has 0 unspecified atom stereocenters. The Bertz CT molecular complexity index is 832. The number of hydrogen-bond donors (Lipinski definition) is 6. The molecule has 0 saturated heterocycles. The summed E-state index contributed by atoms with van der Waals surface area (Å²) in [5, 5.41) is 22.6. The van der Waals surface area contributed by atoms with E-state index in [0.29, 0.717) is 87.0 Å². The van der Waals surface area contributed by atoms with Crippen molar-refractivity contribution in [3.05, 3.63) is 0 Å². The van der Waals surface area contributed by atoms with Crippen molar-refractivity contribution in [1.29, 1.82) is 0 Å². The van der Waals surface area contributed by atoms with Crippen LogP contribution in [0.5, 0.6) is 0 Å². The Balaban J connectivity index is 1.56. The quantitative estimate of drug-likeness (QED) is 0.0758. The number of carbonyl (C=O) groups is 6. The molecule has 13 nitrogen and oxygen atoms in total. The lowest BCUT2D eigenvalue weighted by Gasteiger charge is -2.22. The number of rotatable bonds is 24. The minimum atomic E-state index is -1.13. The number of nitrogens with one attached hydrogen (secondary N) is 5. The Morgan fingerprint density at radius 3 is 1.54 bits per heavy atom. The van der Waals surface area contributed by atoms with Gasteiger partial charge in [-0.2, -0.15) is 23.5 Å². The van der Waals surface area contributed by atoms with Gasteiger partial charge in [-0.25, -0.2) is 0 Å². The lowest BCUT2D eigenvalue weighted by Crippen LogP contribution is -2.41. The van der Waals surface area contributed by atoms with Gasteiger partial charge >= 0.3 is 5.97 Å². The maximum atomic E-state index is 12.1. The molecule has 2 aliphatic carbocycles. The van der Waals surface area contributed by atoms with Gasteiger partial charge in [0.25, 0.3) is 0 Å². The molecule has 41 heavy (non-hydrogen) atoms. The fourth-order valence-corrected chi connectivity index (χ4v) is 5.08. The molecule has 0 spiro atoms. The molecular formula is C26H44N6O7S2. The summed E-state index contributed by atoms with van der Waals surface area (Å²) in [5.74, 6) is 0.0836. The van der Waals surface area contributed by atoms with E-state index in [2.05, 4.69) is 26.6 Å². The second-order valence-corrected chi connectivity index (χ2v) is 12.4. The van der Waals surface area contributed by atoms with E-state index in [4.69, 9.17) is 5.11 Å². The van der Waals surface area contributed by atoms with Crippen molar-refractivity contribution < 1.29 is 33.9 Å². The molecule has 15 heteroatoms. The van der Waals surface area contributed by atoms with Crippen molar-refractivity contribution >= 4 is 59.0 Å². The van der Waals surface area contributed by atoms with Crippen LogP contribution < -0.4 is 26.6 Å². The number of aliphatic carboxylic acids is 1. The Kier molecular flexibility index (Phi) is 17.2. The van der Waals surface area contributed by atoms with Crippen LogP contribution in [0.1, 0.15) is 51.4 Å². The first-order valence-electron chi connectivity index (χ1n) is 14.2. The number of carbonyl (C=O) groups excluding carboxylic acids is 5. The second kappa shape index (κ2) is 20.4. The molecule has 0 aromatic heterocycles. The summed E-state index contributed by atoms with van der Waals surface area (Å²) in [6.45, 7) is 1.40. The lowest BCUT2D eigenvalue weighted by atomic mass is 10.3. The zero-order valence-electron chi connectivity index (χ0n) is 23.5. The van der Waals surface area contributed by atoms with Crippen molar-refractivity contribution in [3.8, 4) is 0 Å². The second-order valence-electron chi connectivity index (χ2n) is 10.1. The van der Waals surface area contributed by atoms with Crippen LogP contribution in [0.15, 0.2) is 0 Å². The smallest absolute Gasteiger partial charge is 0.322 e. The molecule has 0 aliphatic heterocycles. The first kappa shape index (κ1) is 34.7. The third-order valence-electron chi connectivity index (χ3n) is 6.05. The van der Waals surface area contributed by atoms with Crippen LogP contribution in [0.4, 0.5) is 0 Å². The molecular weight excluding hydrogens is 572 g/mol. The number of amides is 5. The van der Waals surface area contributed by atoms with Crippen LogP contribution in [0, 0.1) is 0 Å². The van der Waals surface area contributed by atoms with Crippen molar-refractivity contribution in [3.63, 3.8) is 0 Å². The van der Waals surface area contributed by atoms with Gasteiger partial charge in [0.05, 0.1) is 18.1 Å². The normalized spacial score (nSPS) is 14.3. The van der Waals surface area contributed by atoms with E-state index in [0.717, 1.165) is 25.7 Å². The van der Waals surface area contributed by atoms with E-state index in [-0.39, 0.29) is 30.2 Å². The summed E-state index contributed by atoms with van der Waals surface area (Å²) in [5.41, 5.74) is 0. The molecule has 2 rings (SSSR count). The van der Waals surface area contributed by atoms with Crippen LogP contribution >= 0.6 is 23.5 Å². The lowest BCUT2D eigenvalue weighted by molar-refractivity contribution is -0.138. The first-order valence-corrected chi connectivity index (χ1v) is 16.5. The SMILES string of the molecule is O=C(O)CNC(=O)CN(CCCNC(=O)CCSCC(=O)NC1CC1)CCCNC(=O)CCSCC(=O)NC1CC1. The van der Waals surface area contributed by atoms with Crippen LogP contribution in [0.25, 0.3) is 0 Å². The van der Waals surface area contributed by atoms with Crippen molar-refractivity contribution in [2.24, 2.45) is 0 Å². The number of hydrogen-bond acceptors (Lipinski definition) is 9. The number of carboxylic acid groups (broad SMARTS) is 1. The standard InChI is InChI=1S/C26H44N6O7S2/c33-21(7-13-40-17-24(36)30-19-3-4-19)27-9-1-11-32(16-23(35)29-15-26(38)39)12-2-10-28-22(34)8-14-41-18-25(37)31-20-5-6-20/h19-20H,1-18H2,(H,27,33)(H,28,34)(H,29,35)(H,30,36)(H,31,37)(H,38,39). The van der Waals surface area contributed by atoms with Gasteiger partial charge < -0.3 is 31.7 Å². The van der Waals surface area contributed by atoms with Gasteiger partial charge in [0.2, 0.25) is 29.5 Å². The Morgan fingerprint density at radius 1 is 0.659 bits per heavy atom. The number of nitrogens with zero attached hydrogens (tertiary/aromatic N) is 1. The van der Waals surface area contributed by atoms with Gasteiger partial charge in [-0.15, -0.1) is 0 Å². The van der Waals surface area contributed by atoms with E-state index in [1.54, 1.807) is 0 Å². The largest absolute Gasteiger partial charge is 0.480 e. The molecule has 232 valence electrons. The summed E-state index contributed by atoms with van der Waals surface area (Å²) in [6, 6.07) is 0.667. The molecule has 2 aliphatic rings. The van der Waals surface area contributed by atoms with E-state index < -0.39 is 18.4 Å². The highest BCUT2D eigenvalue weighted by Crippen LogP contribution is 2.19. The fourth-order valence-electron chi connectivity index (χ4n) is 3.59. The van der Waals surface area contributed by atoms with Crippen LogP contribution in [-0.4, -0.2) is 120 Å². The average molecular weight is 617 g/mol. The van der Waals surface area contributed by atoms with E-state index in [1.807, 2.05) is 4.90 Å². The summed E-state index contributed by atoms with van der Waals surface area (Å²) in [7, 11) is 0. The minimum Gasteiger partial charge on any atom is -0.480 e. The van der Waals surface area contributed by atoms with E-state index in [9.17, 15) is 28.8 Å². The predicted molar refractivity (Wildman–Crippen MR) is 159 cm³/mol. The van der Waals surface area contributed by atoms with Crippen molar-refractivity contribution in [2.75, 3.05) is 62.3 Å². The molecule has 0 heterocycles. The molecule has 0 atom stereocenters. The Morgan fingerprint density at radius 2 is 1.12 bits per heavy atom. The monoisotopic (exact) mass is 616 g/mol. The van der Waals surface area contributed by atoms with Gasteiger partial charge in [0, 0.05) is 62.6 Å². The van der Waals surface area contributed by atoms with Crippen LogP contribution in [0.3, 0.4) is 0 Å². The zero-order chi connectivity index (χ0) is 29.9. The minimum absolute atomic E-state index is 0.00816. The van der Waals surface area contributed by atoms with Gasteiger partial charge in [0.1, 0.15) is 6.54 Å². The van der Waals surface area contributed by atoms with E-state index >= 15 is 0 Å². The predicted octanol–water partition coefficient (Wildman–Crippen LogP) is -0.694.